The number of Topliss-reactive ketones (excluding diaryl/α,β-unsaturated/α-hetero) is 1. The van der Waals surface area contributed by atoms with Gasteiger partial charge < -0.3 is 4.84 Å². The van der Waals surface area contributed by atoms with E-state index >= 15 is 0 Å². The molecule has 2 rings (SSSR count). The number of hydroxylamine groups is 2. The van der Waals surface area contributed by atoms with Crippen molar-refractivity contribution in [1.29, 1.82) is 0 Å². The minimum absolute atomic E-state index is 0.0550. The van der Waals surface area contributed by atoms with Crippen molar-refractivity contribution in [3.63, 3.8) is 0 Å². The zero-order chi connectivity index (χ0) is 19.1. The normalized spacial score (nSPS) is 24.3. The highest BCUT2D eigenvalue weighted by Crippen LogP contribution is 2.22. The number of carbonyl (C=O) groups is 4. The molecular formula is C18H25N3O5. The van der Waals surface area contributed by atoms with E-state index in [4.69, 9.17) is 4.84 Å². The average Bonchev–Trinajstić information content (AvgIpc) is 2.92. The van der Waals surface area contributed by atoms with Crippen LogP contribution in [0.2, 0.25) is 0 Å². The first-order valence-corrected chi connectivity index (χ1v) is 8.90. The number of carbonyl (C=O) groups excluding carboxylic acids is 4. The van der Waals surface area contributed by atoms with Gasteiger partial charge in [0.05, 0.1) is 19.2 Å². The quantitative estimate of drug-likeness (QED) is 0.363. The summed E-state index contributed by atoms with van der Waals surface area (Å²) in [4.78, 5) is 57.2. The summed E-state index contributed by atoms with van der Waals surface area (Å²) in [7, 11) is 0. The molecule has 2 heterocycles. The second-order valence-electron chi connectivity index (χ2n) is 6.55. The van der Waals surface area contributed by atoms with Gasteiger partial charge in [-0.25, -0.2) is 4.79 Å². The molecular weight excluding hydrogens is 338 g/mol. The molecule has 0 aromatic heterocycles. The lowest BCUT2D eigenvalue weighted by Gasteiger charge is -2.38. The molecule has 26 heavy (non-hydrogen) atoms. The van der Waals surface area contributed by atoms with Gasteiger partial charge in [-0.1, -0.05) is 12.5 Å². The highest BCUT2D eigenvalue weighted by atomic mass is 16.7. The molecule has 0 N–H and O–H groups in total. The molecule has 0 aliphatic carbocycles. The van der Waals surface area contributed by atoms with Gasteiger partial charge in [-0.05, 0) is 19.8 Å². The fraction of sp³-hybridized carbons (Fsp3) is 0.611. The predicted octanol–water partition coefficient (Wildman–Crippen LogP) is 1.05. The number of hydrogen-bond donors (Lipinski definition) is 0. The molecule has 0 spiro atoms. The Morgan fingerprint density at radius 3 is 2.62 bits per heavy atom. The third kappa shape index (κ3) is 5.32. The summed E-state index contributed by atoms with van der Waals surface area (Å²) < 4.78 is 0. The largest absolute Gasteiger partial charge is 0.335 e. The van der Waals surface area contributed by atoms with Crippen molar-refractivity contribution in [2.24, 2.45) is 4.99 Å². The molecule has 2 fully saturated rings. The Morgan fingerprint density at radius 2 is 1.96 bits per heavy atom. The standard InChI is InChI=1S/C18H25N3O5/c1-3-14-6-4-5-13(2)20(14)12-15(22)11-19-10-9-18(25)26-21-16(23)7-8-17(21)24/h3,11,13-14H,1,4-10,12H2,2H3/t13-,14+/m1/s1. The molecule has 2 amide bonds. The molecule has 0 bridgehead atoms. The van der Waals surface area contributed by atoms with Crippen LogP contribution in [-0.4, -0.2) is 64.9 Å². The van der Waals surface area contributed by atoms with E-state index in [1.807, 2.05) is 6.08 Å². The second kappa shape index (κ2) is 9.38. The van der Waals surface area contributed by atoms with Crippen molar-refractivity contribution < 1.29 is 24.0 Å². The van der Waals surface area contributed by atoms with Crippen molar-refractivity contribution in [2.45, 2.75) is 57.5 Å². The number of ketones is 1. The van der Waals surface area contributed by atoms with Crippen LogP contribution in [0.5, 0.6) is 0 Å². The van der Waals surface area contributed by atoms with Crippen LogP contribution in [0.15, 0.2) is 17.6 Å². The van der Waals surface area contributed by atoms with Crippen LogP contribution < -0.4 is 0 Å². The Labute approximate surface area is 152 Å². The van der Waals surface area contributed by atoms with E-state index in [-0.39, 0.29) is 44.2 Å². The van der Waals surface area contributed by atoms with Gasteiger partial charge in [0.25, 0.3) is 11.8 Å². The number of amides is 2. The minimum Gasteiger partial charge on any atom is -0.330 e. The summed E-state index contributed by atoms with van der Waals surface area (Å²) in [6.07, 6.45) is 6.26. The van der Waals surface area contributed by atoms with Crippen molar-refractivity contribution >= 4 is 29.8 Å². The lowest BCUT2D eigenvalue weighted by Crippen LogP contribution is -2.46. The van der Waals surface area contributed by atoms with Crippen LogP contribution in [0, 0.1) is 0 Å². The molecule has 0 radical (unpaired) electrons. The predicted molar refractivity (Wildman–Crippen MR) is 94.2 cm³/mol. The maximum atomic E-state index is 12.1. The summed E-state index contributed by atoms with van der Waals surface area (Å²) >= 11 is 0. The van der Waals surface area contributed by atoms with Gasteiger partial charge in [0.1, 0.15) is 0 Å². The van der Waals surface area contributed by atoms with Crippen LogP contribution in [-0.2, 0) is 24.0 Å². The lowest BCUT2D eigenvalue weighted by atomic mass is 9.96. The number of hydrogen-bond acceptors (Lipinski definition) is 7. The first-order valence-electron chi connectivity index (χ1n) is 8.90. The van der Waals surface area contributed by atoms with Crippen LogP contribution in [0.3, 0.4) is 0 Å². The van der Waals surface area contributed by atoms with Crippen molar-refractivity contribution in [3.8, 4) is 0 Å². The number of piperidine rings is 1. The highest BCUT2D eigenvalue weighted by molar-refractivity contribution is 6.28. The zero-order valence-electron chi connectivity index (χ0n) is 15.1. The number of aliphatic imine (C=N–C) groups is 1. The Morgan fingerprint density at radius 1 is 1.27 bits per heavy atom. The van der Waals surface area contributed by atoms with E-state index in [0.717, 1.165) is 19.3 Å². The first kappa shape index (κ1) is 20.0. The molecule has 0 saturated carbocycles. The molecule has 2 saturated heterocycles. The molecule has 0 aromatic carbocycles. The Hall–Kier alpha value is -2.35. The molecule has 0 aromatic rings. The monoisotopic (exact) mass is 363 g/mol. The fourth-order valence-corrected chi connectivity index (χ4v) is 3.16. The molecule has 142 valence electrons. The molecule has 8 nitrogen and oxygen atoms in total. The van der Waals surface area contributed by atoms with Crippen LogP contribution in [0.4, 0.5) is 0 Å². The van der Waals surface area contributed by atoms with Gasteiger partial charge in [-0.15, -0.1) is 11.6 Å². The maximum absolute atomic E-state index is 12.1. The first-order chi connectivity index (χ1) is 12.4. The Balaban J connectivity index is 1.73. The summed E-state index contributed by atoms with van der Waals surface area (Å²) in [5, 5.41) is 0.504. The van der Waals surface area contributed by atoms with Gasteiger partial charge in [0.2, 0.25) is 0 Å². The summed E-state index contributed by atoms with van der Waals surface area (Å²) in [5.74, 6) is -1.90. The minimum atomic E-state index is -0.727. The molecule has 2 aliphatic heterocycles. The molecule has 2 aliphatic rings. The average molecular weight is 363 g/mol. The van der Waals surface area contributed by atoms with E-state index in [2.05, 4.69) is 23.4 Å². The van der Waals surface area contributed by atoms with E-state index in [9.17, 15) is 19.2 Å². The third-order valence-electron chi connectivity index (χ3n) is 4.60. The van der Waals surface area contributed by atoms with Gasteiger partial charge in [-0.2, -0.15) is 0 Å². The summed E-state index contributed by atoms with van der Waals surface area (Å²) in [6.45, 7) is 6.25. The topological polar surface area (TPSA) is 96.3 Å². The number of rotatable bonds is 8. The third-order valence-corrected chi connectivity index (χ3v) is 4.60. The van der Waals surface area contributed by atoms with Gasteiger partial charge >= 0.3 is 5.97 Å². The van der Waals surface area contributed by atoms with E-state index in [1.165, 1.54) is 6.21 Å². The van der Waals surface area contributed by atoms with Gasteiger partial charge in [0.15, 0.2) is 5.78 Å². The highest BCUT2D eigenvalue weighted by Gasteiger charge is 2.32. The van der Waals surface area contributed by atoms with E-state index in [1.54, 1.807) is 0 Å². The lowest BCUT2D eigenvalue weighted by molar-refractivity contribution is -0.197. The number of likely N-dealkylation sites (tertiary alicyclic amines) is 1. The van der Waals surface area contributed by atoms with Crippen molar-refractivity contribution in [2.75, 3.05) is 13.1 Å². The smallest absolute Gasteiger partial charge is 0.330 e. The maximum Gasteiger partial charge on any atom is 0.335 e. The van der Waals surface area contributed by atoms with Crippen LogP contribution in [0.1, 0.15) is 45.4 Å². The van der Waals surface area contributed by atoms with E-state index in [0.29, 0.717) is 11.1 Å². The summed E-state index contributed by atoms with van der Waals surface area (Å²) in [5.41, 5.74) is 0. The zero-order valence-corrected chi connectivity index (χ0v) is 15.1. The van der Waals surface area contributed by atoms with Crippen molar-refractivity contribution in [1.82, 2.24) is 9.96 Å². The molecule has 2 atom stereocenters. The SMILES string of the molecule is C=C[C@H]1CCC[C@@H](C)N1CC(=O)C=NCCC(=O)ON1C(=O)CCC1=O. The molecule has 8 heteroatoms. The number of imide groups is 1. The second-order valence-corrected chi connectivity index (χ2v) is 6.55. The molecule has 0 unspecified atom stereocenters. The summed E-state index contributed by atoms with van der Waals surface area (Å²) in [6, 6.07) is 0.510. The number of nitrogens with zero attached hydrogens (tertiary/aromatic N) is 3. The van der Waals surface area contributed by atoms with Crippen LogP contribution >= 0.6 is 0 Å². The van der Waals surface area contributed by atoms with Crippen molar-refractivity contribution in [3.05, 3.63) is 12.7 Å². The van der Waals surface area contributed by atoms with Gasteiger partial charge in [-0.3, -0.25) is 24.3 Å². The van der Waals surface area contributed by atoms with Crippen LogP contribution in [0.25, 0.3) is 0 Å². The Bertz CT molecular complexity index is 600. The Kier molecular flexibility index (Phi) is 7.20. The fourth-order valence-electron chi connectivity index (χ4n) is 3.16. The van der Waals surface area contributed by atoms with Gasteiger partial charge in [0, 0.05) is 31.5 Å². The van der Waals surface area contributed by atoms with E-state index < -0.39 is 17.8 Å².